The van der Waals surface area contributed by atoms with Crippen LogP contribution in [0.1, 0.15) is 29.7 Å². The Morgan fingerprint density at radius 2 is 2.00 bits per heavy atom. The molecule has 0 aliphatic carbocycles. The van der Waals surface area contributed by atoms with Crippen molar-refractivity contribution >= 4 is 0 Å². The maximum Gasteiger partial charge on any atom is 0.0405 e. The Labute approximate surface area is 86.0 Å². The van der Waals surface area contributed by atoms with Gasteiger partial charge in [0.25, 0.3) is 0 Å². The minimum atomic E-state index is 1.11. The van der Waals surface area contributed by atoms with E-state index in [4.69, 9.17) is 0 Å². The summed E-state index contributed by atoms with van der Waals surface area (Å²) in [5.41, 5.74) is 3.97. The standard InChI is InChI=1S/C12H18N2/c1-10-11(2)13-6-5-12(10)9-14-7-3-4-8-14/h5-6H,3-4,7-9H2,1-2H3. The molecule has 1 aromatic heterocycles. The van der Waals surface area contributed by atoms with Crippen LogP contribution in [0.25, 0.3) is 0 Å². The molecule has 0 unspecified atom stereocenters. The number of likely N-dealkylation sites (tertiary alicyclic amines) is 1. The highest BCUT2D eigenvalue weighted by molar-refractivity contribution is 5.27. The molecule has 2 nitrogen and oxygen atoms in total. The lowest BCUT2D eigenvalue weighted by atomic mass is 10.1. The van der Waals surface area contributed by atoms with E-state index in [1.165, 1.54) is 42.8 Å². The molecular weight excluding hydrogens is 172 g/mol. The lowest BCUT2D eigenvalue weighted by molar-refractivity contribution is 0.330. The second-order valence-corrected chi connectivity index (χ2v) is 4.16. The van der Waals surface area contributed by atoms with Gasteiger partial charge in [0.1, 0.15) is 0 Å². The summed E-state index contributed by atoms with van der Waals surface area (Å²) in [5, 5.41) is 0. The topological polar surface area (TPSA) is 16.1 Å². The van der Waals surface area contributed by atoms with Gasteiger partial charge in [-0.3, -0.25) is 9.88 Å². The van der Waals surface area contributed by atoms with E-state index in [1.807, 2.05) is 6.20 Å². The molecule has 0 bridgehead atoms. The molecule has 2 rings (SSSR count). The number of nitrogens with zero attached hydrogens (tertiary/aromatic N) is 2. The Morgan fingerprint density at radius 1 is 1.29 bits per heavy atom. The third-order valence-corrected chi connectivity index (χ3v) is 3.16. The first-order chi connectivity index (χ1) is 6.77. The Bertz CT molecular complexity index is 314. The zero-order valence-corrected chi connectivity index (χ0v) is 9.08. The van der Waals surface area contributed by atoms with E-state index in [0.29, 0.717) is 0 Å². The lowest BCUT2D eigenvalue weighted by Gasteiger charge is -2.16. The first-order valence-corrected chi connectivity index (χ1v) is 5.41. The summed E-state index contributed by atoms with van der Waals surface area (Å²) in [6.45, 7) is 7.90. The zero-order valence-electron chi connectivity index (χ0n) is 9.08. The number of rotatable bonds is 2. The van der Waals surface area contributed by atoms with Crippen molar-refractivity contribution in [2.75, 3.05) is 13.1 Å². The zero-order chi connectivity index (χ0) is 9.97. The summed E-state index contributed by atoms with van der Waals surface area (Å²) in [6.07, 6.45) is 4.65. The maximum atomic E-state index is 4.30. The number of hydrogen-bond acceptors (Lipinski definition) is 2. The Morgan fingerprint density at radius 3 is 2.71 bits per heavy atom. The van der Waals surface area contributed by atoms with Crippen molar-refractivity contribution in [3.63, 3.8) is 0 Å². The molecule has 2 heteroatoms. The smallest absolute Gasteiger partial charge is 0.0405 e. The van der Waals surface area contributed by atoms with Crippen molar-refractivity contribution < 1.29 is 0 Å². The quantitative estimate of drug-likeness (QED) is 0.711. The molecule has 2 heterocycles. The maximum absolute atomic E-state index is 4.30. The van der Waals surface area contributed by atoms with E-state index in [9.17, 15) is 0 Å². The monoisotopic (exact) mass is 190 g/mol. The highest BCUT2D eigenvalue weighted by Gasteiger charge is 2.13. The predicted octanol–water partition coefficient (Wildman–Crippen LogP) is 2.29. The average molecular weight is 190 g/mol. The van der Waals surface area contributed by atoms with E-state index in [1.54, 1.807) is 0 Å². The van der Waals surface area contributed by atoms with Gasteiger partial charge < -0.3 is 0 Å². The summed E-state index contributed by atoms with van der Waals surface area (Å²) >= 11 is 0. The van der Waals surface area contributed by atoms with Crippen molar-refractivity contribution in [2.45, 2.75) is 33.2 Å². The van der Waals surface area contributed by atoms with Gasteiger partial charge in [-0.1, -0.05) is 0 Å². The molecule has 0 spiro atoms. The van der Waals surface area contributed by atoms with Crippen LogP contribution in [0.3, 0.4) is 0 Å². The van der Waals surface area contributed by atoms with Gasteiger partial charge in [0.2, 0.25) is 0 Å². The van der Waals surface area contributed by atoms with Gasteiger partial charge in [-0.2, -0.15) is 0 Å². The van der Waals surface area contributed by atoms with E-state index in [0.717, 1.165) is 6.54 Å². The molecule has 0 atom stereocenters. The van der Waals surface area contributed by atoms with Crippen LogP contribution in [0, 0.1) is 13.8 Å². The van der Waals surface area contributed by atoms with Crippen molar-refractivity contribution in [1.82, 2.24) is 9.88 Å². The van der Waals surface area contributed by atoms with Crippen LogP contribution < -0.4 is 0 Å². The summed E-state index contributed by atoms with van der Waals surface area (Å²) in [6, 6.07) is 2.15. The van der Waals surface area contributed by atoms with Gasteiger partial charge in [-0.05, 0) is 57.0 Å². The number of pyridine rings is 1. The van der Waals surface area contributed by atoms with Gasteiger partial charge in [-0.25, -0.2) is 0 Å². The van der Waals surface area contributed by atoms with Gasteiger partial charge >= 0.3 is 0 Å². The first-order valence-electron chi connectivity index (χ1n) is 5.41. The summed E-state index contributed by atoms with van der Waals surface area (Å²) in [7, 11) is 0. The van der Waals surface area contributed by atoms with Crippen LogP contribution in [0.15, 0.2) is 12.3 Å². The highest BCUT2D eigenvalue weighted by atomic mass is 15.1. The Kier molecular flexibility index (Phi) is 2.82. The summed E-state index contributed by atoms with van der Waals surface area (Å²) in [5.74, 6) is 0. The minimum absolute atomic E-state index is 1.11. The van der Waals surface area contributed by atoms with Gasteiger partial charge in [0.15, 0.2) is 0 Å². The number of aromatic nitrogens is 1. The molecule has 14 heavy (non-hydrogen) atoms. The summed E-state index contributed by atoms with van der Waals surface area (Å²) in [4.78, 5) is 6.82. The largest absolute Gasteiger partial charge is 0.299 e. The van der Waals surface area contributed by atoms with Crippen LogP contribution in [0.4, 0.5) is 0 Å². The molecule has 1 aliphatic heterocycles. The predicted molar refractivity (Wildman–Crippen MR) is 58.2 cm³/mol. The second-order valence-electron chi connectivity index (χ2n) is 4.16. The summed E-state index contributed by atoms with van der Waals surface area (Å²) < 4.78 is 0. The molecule has 0 radical (unpaired) electrons. The molecule has 0 aromatic carbocycles. The average Bonchev–Trinajstić information content (AvgIpc) is 2.66. The number of hydrogen-bond donors (Lipinski definition) is 0. The van der Waals surface area contributed by atoms with E-state index >= 15 is 0 Å². The molecule has 0 amide bonds. The molecule has 1 aliphatic rings. The van der Waals surface area contributed by atoms with Crippen LogP contribution in [-0.2, 0) is 6.54 Å². The SMILES string of the molecule is Cc1nccc(CN2CCCC2)c1C. The van der Waals surface area contributed by atoms with Crippen LogP contribution in [0.5, 0.6) is 0 Å². The lowest BCUT2D eigenvalue weighted by Crippen LogP contribution is -2.19. The van der Waals surface area contributed by atoms with Crippen molar-refractivity contribution in [3.05, 3.63) is 29.1 Å². The van der Waals surface area contributed by atoms with Crippen molar-refractivity contribution in [3.8, 4) is 0 Å². The second kappa shape index (κ2) is 4.09. The molecule has 0 N–H and O–H groups in total. The van der Waals surface area contributed by atoms with Crippen LogP contribution >= 0.6 is 0 Å². The molecule has 1 saturated heterocycles. The van der Waals surface area contributed by atoms with E-state index in [-0.39, 0.29) is 0 Å². The third kappa shape index (κ3) is 1.95. The van der Waals surface area contributed by atoms with Crippen LogP contribution in [-0.4, -0.2) is 23.0 Å². The third-order valence-electron chi connectivity index (χ3n) is 3.16. The van der Waals surface area contributed by atoms with Crippen molar-refractivity contribution in [2.24, 2.45) is 0 Å². The normalized spacial score (nSPS) is 17.6. The van der Waals surface area contributed by atoms with Gasteiger partial charge in [-0.15, -0.1) is 0 Å². The van der Waals surface area contributed by atoms with Gasteiger partial charge in [0.05, 0.1) is 0 Å². The molecule has 0 saturated carbocycles. The minimum Gasteiger partial charge on any atom is -0.299 e. The highest BCUT2D eigenvalue weighted by Crippen LogP contribution is 2.16. The first kappa shape index (κ1) is 9.66. The van der Waals surface area contributed by atoms with Crippen molar-refractivity contribution in [1.29, 1.82) is 0 Å². The van der Waals surface area contributed by atoms with E-state index in [2.05, 4.69) is 29.8 Å². The number of aryl methyl sites for hydroxylation is 1. The molecule has 1 fully saturated rings. The molecule has 76 valence electrons. The molecule has 1 aromatic rings. The van der Waals surface area contributed by atoms with Gasteiger partial charge in [0, 0.05) is 18.4 Å². The Balaban J connectivity index is 2.11. The van der Waals surface area contributed by atoms with E-state index < -0.39 is 0 Å². The fourth-order valence-corrected chi connectivity index (χ4v) is 2.05. The molecular formula is C12H18N2. The van der Waals surface area contributed by atoms with Crippen LogP contribution in [0.2, 0.25) is 0 Å². The fraction of sp³-hybridized carbons (Fsp3) is 0.583. The fourth-order valence-electron chi connectivity index (χ4n) is 2.05. The Hall–Kier alpha value is -0.890.